The van der Waals surface area contributed by atoms with Crippen molar-refractivity contribution < 1.29 is 17.9 Å². The minimum atomic E-state index is -3.27. The number of hydrogen-bond acceptors (Lipinski definition) is 4. The van der Waals surface area contributed by atoms with Crippen molar-refractivity contribution in [3.8, 4) is 0 Å². The Labute approximate surface area is 139 Å². The van der Waals surface area contributed by atoms with Gasteiger partial charge in [-0.15, -0.1) is 0 Å². The van der Waals surface area contributed by atoms with E-state index in [1.165, 1.54) is 0 Å². The Morgan fingerprint density at radius 1 is 1.50 bits per heavy atom. The highest BCUT2D eigenvalue weighted by Crippen LogP contribution is 2.15. The van der Waals surface area contributed by atoms with Crippen LogP contribution in [0.2, 0.25) is 0 Å². The number of rotatable bonds is 4. The maximum Gasteiger partial charge on any atom is 0.410 e. The van der Waals surface area contributed by atoms with E-state index >= 15 is 0 Å². The normalized spacial score (nSPS) is 19.0. The van der Waals surface area contributed by atoms with Crippen LogP contribution in [-0.2, 0) is 21.4 Å². The predicted octanol–water partition coefficient (Wildman–Crippen LogP) is 2.10. The van der Waals surface area contributed by atoms with E-state index < -0.39 is 16.1 Å². The Bertz CT molecular complexity index is 635. The van der Waals surface area contributed by atoms with Gasteiger partial charge in [0.25, 0.3) is 0 Å². The third-order valence-electron chi connectivity index (χ3n) is 3.31. The number of piperidine rings is 1. The number of ether oxygens (including phenoxy) is 1. The van der Waals surface area contributed by atoms with Crippen molar-refractivity contribution in [1.82, 2.24) is 9.62 Å². The van der Waals surface area contributed by atoms with Gasteiger partial charge in [-0.2, -0.15) is 0 Å². The fourth-order valence-electron chi connectivity index (χ4n) is 2.41. The Morgan fingerprint density at radius 3 is 2.95 bits per heavy atom. The zero-order valence-corrected chi connectivity index (χ0v) is 14.7. The number of sulfonamides is 1. The Balaban J connectivity index is 1.86. The van der Waals surface area contributed by atoms with Crippen LogP contribution in [0, 0.1) is 0 Å². The fourth-order valence-corrected chi connectivity index (χ4v) is 3.65. The van der Waals surface area contributed by atoms with Crippen LogP contribution < -0.4 is 4.72 Å². The number of hydrogen-bond donors (Lipinski definition) is 1. The van der Waals surface area contributed by atoms with Crippen molar-refractivity contribution in [2.75, 3.05) is 19.3 Å². The topological polar surface area (TPSA) is 75.7 Å². The minimum absolute atomic E-state index is 0.193. The molecule has 0 aromatic heterocycles. The summed E-state index contributed by atoms with van der Waals surface area (Å²) in [6.45, 7) is 1.11. The van der Waals surface area contributed by atoms with Crippen LogP contribution in [0.5, 0.6) is 0 Å². The lowest BCUT2D eigenvalue weighted by Gasteiger charge is -2.32. The standard InChI is InChI=1S/C14H19BrN2O4S/c1-22(19,20)16-13-6-3-7-17(9-13)14(18)21-10-11-4-2-5-12(15)8-11/h2,4-5,8,13,16H,3,6-7,9-10H2,1H3. The van der Waals surface area contributed by atoms with Crippen LogP contribution in [0.4, 0.5) is 4.79 Å². The number of carbonyl (C=O) groups excluding carboxylic acids is 1. The molecule has 1 heterocycles. The van der Waals surface area contributed by atoms with Crippen LogP contribution in [0.15, 0.2) is 28.7 Å². The molecule has 122 valence electrons. The van der Waals surface area contributed by atoms with Gasteiger partial charge in [-0.3, -0.25) is 0 Å². The van der Waals surface area contributed by atoms with E-state index in [1.54, 1.807) is 4.90 Å². The van der Waals surface area contributed by atoms with Gasteiger partial charge >= 0.3 is 6.09 Å². The molecule has 0 saturated carbocycles. The zero-order chi connectivity index (χ0) is 16.2. The maximum atomic E-state index is 12.1. The molecule has 0 spiro atoms. The smallest absolute Gasteiger partial charge is 0.410 e. The summed E-state index contributed by atoms with van der Waals surface area (Å²) in [4.78, 5) is 13.6. The number of halogens is 1. The highest BCUT2D eigenvalue weighted by Gasteiger charge is 2.26. The number of amides is 1. The lowest BCUT2D eigenvalue weighted by atomic mass is 10.1. The fraction of sp³-hybridized carbons (Fsp3) is 0.500. The monoisotopic (exact) mass is 390 g/mol. The van der Waals surface area contributed by atoms with Crippen molar-refractivity contribution in [2.45, 2.75) is 25.5 Å². The molecule has 1 aromatic carbocycles. The molecule has 1 aromatic rings. The van der Waals surface area contributed by atoms with Crippen molar-refractivity contribution in [3.05, 3.63) is 34.3 Å². The third-order valence-corrected chi connectivity index (χ3v) is 4.57. The Kier molecular flexibility index (Phi) is 5.82. The quantitative estimate of drug-likeness (QED) is 0.853. The molecule has 1 amide bonds. The lowest BCUT2D eigenvalue weighted by molar-refractivity contribution is 0.0850. The first kappa shape index (κ1) is 17.2. The molecule has 1 atom stereocenters. The highest BCUT2D eigenvalue weighted by atomic mass is 79.9. The molecule has 6 nitrogen and oxygen atoms in total. The largest absolute Gasteiger partial charge is 0.445 e. The van der Waals surface area contributed by atoms with Gasteiger partial charge in [0.1, 0.15) is 6.61 Å². The SMILES string of the molecule is CS(=O)(=O)NC1CCCN(C(=O)OCc2cccc(Br)c2)C1. The van der Waals surface area contributed by atoms with E-state index in [1.807, 2.05) is 24.3 Å². The number of likely N-dealkylation sites (tertiary alicyclic amines) is 1. The molecule has 8 heteroatoms. The van der Waals surface area contributed by atoms with Gasteiger partial charge < -0.3 is 9.64 Å². The molecule has 1 saturated heterocycles. The molecular weight excluding hydrogens is 372 g/mol. The molecule has 1 fully saturated rings. The van der Waals surface area contributed by atoms with Gasteiger partial charge in [0.05, 0.1) is 6.26 Å². The summed E-state index contributed by atoms with van der Waals surface area (Å²) in [5.41, 5.74) is 0.894. The number of benzene rings is 1. The summed E-state index contributed by atoms with van der Waals surface area (Å²) in [5.74, 6) is 0. The second kappa shape index (κ2) is 7.43. The summed E-state index contributed by atoms with van der Waals surface area (Å²) in [5, 5.41) is 0. The molecule has 2 rings (SSSR count). The van der Waals surface area contributed by atoms with E-state index in [4.69, 9.17) is 4.74 Å². The number of nitrogens with one attached hydrogen (secondary N) is 1. The molecule has 0 aliphatic carbocycles. The van der Waals surface area contributed by atoms with Crippen molar-refractivity contribution in [1.29, 1.82) is 0 Å². The van der Waals surface area contributed by atoms with E-state index in [0.29, 0.717) is 13.1 Å². The summed E-state index contributed by atoms with van der Waals surface area (Å²) >= 11 is 3.37. The van der Waals surface area contributed by atoms with Gasteiger partial charge in [0, 0.05) is 23.6 Å². The van der Waals surface area contributed by atoms with E-state index in [0.717, 1.165) is 29.1 Å². The van der Waals surface area contributed by atoms with Gasteiger partial charge in [0.15, 0.2) is 0 Å². The second-order valence-electron chi connectivity index (χ2n) is 5.36. The van der Waals surface area contributed by atoms with Crippen molar-refractivity contribution in [3.63, 3.8) is 0 Å². The average Bonchev–Trinajstić information content (AvgIpc) is 2.43. The summed E-state index contributed by atoms with van der Waals surface area (Å²) < 4.78 is 31.3. The molecular formula is C14H19BrN2O4S. The molecule has 22 heavy (non-hydrogen) atoms. The van der Waals surface area contributed by atoms with E-state index in [9.17, 15) is 13.2 Å². The first-order chi connectivity index (χ1) is 10.3. The van der Waals surface area contributed by atoms with Crippen LogP contribution in [0.1, 0.15) is 18.4 Å². The number of carbonyl (C=O) groups is 1. The molecule has 0 radical (unpaired) electrons. The van der Waals surface area contributed by atoms with Crippen LogP contribution >= 0.6 is 15.9 Å². The lowest BCUT2D eigenvalue weighted by Crippen LogP contribution is -2.49. The van der Waals surface area contributed by atoms with Gasteiger partial charge in [-0.25, -0.2) is 17.9 Å². The zero-order valence-electron chi connectivity index (χ0n) is 12.3. The molecule has 0 bridgehead atoms. The van der Waals surface area contributed by atoms with Crippen molar-refractivity contribution >= 4 is 32.0 Å². The summed E-state index contributed by atoms with van der Waals surface area (Å²) in [6, 6.07) is 7.29. The third kappa shape index (κ3) is 5.58. The highest BCUT2D eigenvalue weighted by molar-refractivity contribution is 9.10. The van der Waals surface area contributed by atoms with Crippen molar-refractivity contribution in [2.24, 2.45) is 0 Å². The first-order valence-electron chi connectivity index (χ1n) is 6.97. The molecule has 1 aliphatic heterocycles. The van der Waals surface area contributed by atoms with Gasteiger partial charge in [0.2, 0.25) is 10.0 Å². The minimum Gasteiger partial charge on any atom is -0.445 e. The van der Waals surface area contributed by atoms with Gasteiger partial charge in [-0.1, -0.05) is 28.1 Å². The van der Waals surface area contributed by atoms with Crippen LogP contribution in [-0.4, -0.2) is 44.8 Å². The Morgan fingerprint density at radius 2 is 2.27 bits per heavy atom. The average molecular weight is 391 g/mol. The molecule has 1 aliphatic rings. The Hall–Kier alpha value is -1.12. The number of nitrogens with zero attached hydrogens (tertiary/aromatic N) is 1. The van der Waals surface area contributed by atoms with Crippen LogP contribution in [0.25, 0.3) is 0 Å². The second-order valence-corrected chi connectivity index (χ2v) is 8.06. The van der Waals surface area contributed by atoms with Crippen LogP contribution in [0.3, 0.4) is 0 Å². The summed E-state index contributed by atoms with van der Waals surface area (Å²) in [7, 11) is -3.27. The maximum absolute atomic E-state index is 12.1. The van der Waals surface area contributed by atoms with E-state index in [-0.39, 0.29) is 12.6 Å². The predicted molar refractivity (Wildman–Crippen MR) is 86.9 cm³/mol. The molecule has 1 N–H and O–H groups in total. The first-order valence-corrected chi connectivity index (χ1v) is 9.65. The van der Waals surface area contributed by atoms with E-state index in [2.05, 4.69) is 20.7 Å². The summed E-state index contributed by atoms with van der Waals surface area (Å²) in [6.07, 6.45) is 2.18. The molecule has 1 unspecified atom stereocenters. The van der Waals surface area contributed by atoms with Gasteiger partial charge in [-0.05, 0) is 30.5 Å².